The van der Waals surface area contributed by atoms with Gasteiger partial charge in [0.1, 0.15) is 17.7 Å². The van der Waals surface area contributed by atoms with Crippen LogP contribution in [0.2, 0.25) is 0 Å². The molecular formula is C23H38N4O5. The van der Waals surface area contributed by atoms with E-state index in [0.29, 0.717) is 13.0 Å². The van der Waals surface area contributed by atoms with Gasteiger partial charge in [-0.2, -0.15) is 0 Å². The monoisotopic (exact) mass is 450 g/mol. The molecule has 1 heterocycles. The molecule has 1 aliphatic heterocycles. The molecule has 4 amide bonds. The first-order valence-corrected chi connectivity index (χ1v) is 11.0. The summed E-state index contributed by atoms with van der Waals surface area (Å²) < 4.78 is 5.26. The van der Waals surface area contributed by atoms with Crippen LogP contribution in [0.15, 0.2) is 24.3 Å². The third-order valence-electron chi connectivity index (χ3n) is 4.62. The van der Waals surface area contributed by atoms with Crippen LogP contribution in [0.25, 0.3) is 0 Å². The maximum atomic E-state index is 13.0. The van der Waals surface area contributed by atoms with Crippen molar-refractivity contribution < 1.29 is 23.9 Å². The highest BCUT2D eigenvalue weighted by Gasteiger charge is 2.30. The fourth-order valence-electron chi connectivity index (χ4n) is 2.87. The molecule has 0 radical (unpaired) electrons. The maximum Gasteiger partial charge on any atom is 0.408 e. The summed E-state index contributed by atoms with van der Waals surface area (Å²) >= 11 is 0. The highest BCUT2D eigenvalue weighted by atomic mass is 16.6. The van der Waals surface area contributed by atoms with Gasteiger partial charge in [-0.3, -0.25) is 14.4 Å². The number of hydrogen-bond acceptors (Lipinski definition) is 5. The van der Waals surface area contributed by atoms with Gasteiger partial charge in [-0.15, -0.1) is 0 Å². The standard InChI is InChI=1S/C23H38N4O5/c1-14(2)16-11-12-18(28)24-13-9-8-10-17(20(29)25-16)26-21(30)19(15(3)4)27-22(31)32-23(5,6)7/h8,10-12,14-17,19H,9,13H2,1-7H3,(H,24,28)(H,25,29)(H,26,30)(H,27,31). The van der Waals surface area contributed by atoms with Crippen LogP contribution < -0.4 is 21.3 Å². The Kier molecular flexibility index (Phi) is 10.4. The molecule has 0 bridgehead atoms. The molecular weight excluding hydrogens is 412 g/mol. The van der Waals surface area contributed by atoms with Crippen molar-refractivity contribution in [3.8, 4) is 0 Å². The molecule has 0 saturated carbocycles. The molecule has 1 aliphatic rings. The van der Waals surface area contributed by atoms with E-state index in [1.807, 2.05) is 13.8 Å². The van der Waals surface area contributed by atoms with Crippen LogP contribution in [-0.2, 0) is 19.1 Å². The Labute approximate surface area is 190 Å². The molecule has 0 aromatic rings. The van der Waals surface area contributed by atoms with Crippen molar-refractivity contribution in [1.82, 2.24) is 21.3 Å². The van der Waals surface area contributed by atoms with E-state index in [-0.39, 0.29) is 23.8 Å². The van der Waals surface area contributed by atoms with Gasteiger partial charge >= 0.3 is 6.09 Å². The van der Waals surface area contributed by atoms with Gasteiger partial charge in [-0.05, 0) is 39.0 Å². The average molecular weight is 451 g/mol. The van der Waals surface area contributed by atoms with Gasteiger partial charge in [0.15, 0.2) is 0 Å². The predicted molar refractivity (Wildman–Crippen MR) is 123 cm³/mol. The van der Waals surface area contributed by atoms with Gasteiger partial charge in [-0.25, -0.2) is 4.79 Å². The van der Waals surface area contributed by atoms with Crippen LogP contribution in [0.5, 0.6) is 0 Å². The second-order valence-corrected chi connectivity index (χ2v) is 9.50. The molecule has 3 unspecified atom stereocenters. The second kappa shape index (κ2) is 12.3. The number of ether oxygens (including phenoxy) is 1. The SMILES string of the molecule is CC(C)C1C=CC(=O)NCCC=CC(NC(=O)C(NC(=O)OC(C)(C)C)C(C)C)C(=O)N1. The van der Waals surface area contributed by atoms with E-state index in [2.05, 4.69) is 21.3 Å². The lowest BCUT2D eigenvalue weighted by molar-refractivity contribution is -0.129. The molecule has 0 spiro atoms. The first-order valence-electron chi connectivity index (χ1n) is 11.0. The minimum absolute atomic E-state index is 0.0310. The molecule has 0 saturated heterocycles. The molecule has 0 aliphatic carbocycles. The van der Waals surface area contributed by atoms with Crippen molar-refractivity contribution in [2.45, 2.75) is 78.6 Å². The Hall–Kier alpha value is -2.84. The van der Waals surface area contributed by atoms with Crippen molar-refractivity contribution in [1.29, 1.82) is 0 Å². The van der Waals surface area contributed by atoms with Gasteiger partial charge in [0.25, 0.3) is 0 Å². The minimum atomic E-state index is -0.936. The van der Waals surface area contributed by atoms with Crippen molar-refractivity contribution in [3.05, 3.63) is 24.3 Å². The van der Waals surface area contributed by atoms with E-state index in [4.69, 9.17) is 4.74 Å². The van der Waals surface area contributed by atoms with Crippen molar-refractivity contribution in [2.75, 3.05) is 6.54 Å². The minimum Gasteiger partial charge on any atom is -0.444 e. The number of alkyl carbamates (subject to hydrolysis) is 1. The first kappa shape index (κ1) is 27.2. The largest absolute Gasteiger partial charge is 0.444 e. The van der Waals surface area contributed by atoms with E-state index in [0.717, 1.165) is 0 Å². The topological polar surface area (TPSA) is 126 Å². The van der Waals surface area contributed by atoms with Gasteiger partial charge in [0, 0.05) is 18.7 Å². The van der Waals surface area contributed by atoms with Gasteiger partial charge < -0.3 is 26.0 Å². The molecule has 3 atom stereocenters. The Morgan fingerprint density at radius 3 is 2.34 bits per heavy atom. The molecule has 9 heteroatoms. The van der Waals surface area contributed by atoms with Crippen LogP contribution in [0.4, 0.5) is 4.79 Å². The number of carbonyl (C=O) groups is 4. The highest BCUT2D eigenvalue weighted by molar-refractivity contribution is 5.93. The fourth-order valence-corrected chi connectivity index (χ4v) is 2.87. The molecule has 0 aromatic heterocycles. The maximum absolute atomic E-state index is 13.0. The number of rotatable bonds is 5. The third kappa shape index (κ3) is 9.98. The molecule has 0 fully saturated rings. The summed E-state index contributed by atoms with van der Waals surface area (Å²) in [6.07, 6.45) is 6.16. The normalized spacial score (nSPS) is 21.2. The van der Waals surface area contributed by atoms with Crippen LogP contribution >= 0.6 is 0 Å². The van der Waals surface area contributed by atoms with Gasteiger partial charge in [-0.1, -0.05) is 45.9 Å². The van der Waals surface area contributed by atoms with E-state index in [1.165, 1.54) is 6.08 Å². The molecule has 180 valence electrons. The zero-order chi connectivity index (χ0) is 24.5. The Morgan fingerprint density at radius 1 is 1.12 bits per heavy atom. The number of amides is 4. The zero-order valence-electron chi connectivity index (χ0n) is 20.2. The van der Waals surface area contributed by atoms with E-state index < -0.39 is 35.6 Å². The lowest BCUT2D eigenvalue weighted by atomic mass is 10.0. The average Bonchev–Trinajstić information content (AvgIpc) is 2.64. The van der Waals surface area contributed by atoms with Crippen molar-refractivity contribution in [2.24, 2.45) is 11.8 Å². The van der Waals surface area contributed by atoms with E-state index in [9.17, 15) is 19.2 Å². The van der Waals surface area contributed by atoms with Gasteiger partial charge in [0.2, 0.25) is 17.7 Å². The van der Waals surface area contributed by atoms with Crippen LogP contribution in [-0.4, -0.2) is 54.1 Å². The molecule has 9 nitrogen and oxygen atoms in total. The van der Waals surface area contributed by atoms with Crippen LogP contribution in [0, 0.1) is 11.8 Å². The highest BCUT2D eigenvalue weighted by Crippen LogP contribution is 2.10. The van der Waals surface area contributed by atoms with E-state index in [1.54, 1.807) is 52.8 Å². The number of hydrogen-bond donors (Lipinski definition) is 4. The van der Waals surface area contributed by atoms with Crippen molar-refractivity contribution in [3.63, 3.8) is 0 Å². The molecule has 4 N–H and O–H groups in total. The lowest BCUT2D eigenvalue weighted by Crippen LogP contribution is -2.56. The quantitative estimate of drug-likeness (QED) is 0.475. The smallest absolute Gasteiger partial charge is 0.408 e. The summed E-state index contributed by atoms with van der Waals surface area (Å²) in [7, 11) is 0. The summed E-state index contributed by atoms with van der Waals surface area (Å²) in [6.45, 7) is 13.0. The Balaban J connectivity index is 3.00. The predicted octanol–water partition coefficient (Wildman–Crippen LogP) is 1.79. The first-order chi connectivity index (χ1) is 14.8. The third-order valence-corrected chi connectivity index (χ3v) is 4.62. The Bertz CT molecular complexity index is 737. The number of carbonyl (C=O) groups excluding carboxylic acids is 4. The van der Waals surface area contributed by atoms with E-state index >= 15 is 0 Å². The number of nitrogens with one attached hydrogen (secondary N) is 4. The van der Waals surface area contributed by atoms with Crippen molar-refractivity contribution >= 4 is 23.8 Å². The molecule has 32 heavy (non-hydrogen) atoms. The summed E-state index contributed by atoms with van der Waals surface area (Å²) in [5, 5.41) is 10.9. The van der Waals surface area contributed by atoms with Crippen LogP contribution in [0.3, 0.4) is 0 Å². The molecule has 0 aromatic carbocycles. The molecule has 1 rings (SSSR count). The van der Waals surface area contributed by atoms with Gasteiger partial charge in [0.05, 0.1) is 0 Å². The summed E-state index contributed by atoms with van der Waals surface area (Å²) in [6, 6.07) is -2.21. The second-order valence-electron chi connectivity index (χ2n) is 9.50. The summed E-state index contributed by atoms with van der Waals surface area (Å²) in [4.78, 5) is 49.9. The Morgan fingerprint density at radius 2 is 1.78 bits per heavy atom. The summed E-state index contributed by atoms with van der Waals surface area (Å²) in [5.74, 6) is -1.32. The zero-order valence-corrected chi connectivity index (χ0v) is 20.2. The van der Waals surface area contributed by atoms with Crippen LogP contribution in [0.1, 0.15) is 54.9 Å². The summed E-state index contributed by atoms with van der Waals surface area (Å²) in [5.41, 5.74) is -0.701. The fraction of sp³-hybridized carbons (Fsp3) is 0.652. The lowest BCUT2D eigenvalue weighted by Gasteiger charge is -2.27.